The van der Waals surface area contributed by atoms with Gasteiger partial charge in [-0.1, -0.05) is 19.1 Å². The molecule has 0 aliphatic carbocycles. The van der Waals surface area contributed by atoms with E-state index < -0.39 is 0 Å². The largest absolute Gasteiger partial charge is 0.379 e. The van der Waals surface area contributed by atoms with Crippen molar-refractivity contribution in [1.82, 2.24) is 19.4 Å². The smallest absolute Gasteiger partial charge is 0.224 e. The Hall–Kier alpha value is -1.92. The van der Waals surface area contributed by atoms with E-state index in [2.05, 4.69) is 27.4 Å². The Morgan fingerprint density at radius 1 is 1.24 bits per heavy atom. The van der Waals surface area contributed by atoms with Crippen molar-refractivity contribution in [2.75, 3.05) is 39.4 Å². The van der Waals surface area contributed by atoms with Crippen LogP contribution in [0.4, 0.5) is 0 Å². The number of benzene rings is 1. The van der Waals surface area contributed by atoms with Gasteiger partial charge in [-0.25, -0.2) is 4.98 Å². The summed E-state index contributed by atoms with van der Waals surface area (Å²) in [6.07, 6.45) is 2.37. The summed E-state index contributed by atoms with van der Waals surface area (Å²) in [5.41, 5.74) is 2.08. The van der Waals surface area contributed by atoms with E-state index >= 15 is 0 Å². The molecule has 0 unspecified atom stereocenters. The average Bonchev–Trinajstić information content (AvgIpc) is 3.24. The molecule has 2 aromatic rings. The molecule has 4 rings (SSSR count). The molecule has 1 aromatic carbocycles. The molecule has 2 saturated heterocycles. The summed E-state index contributed by atoms with van der Waals surface area (Å²) in [4.78, 5) is 21.6. The lowest BCUT2D eigenvalue weighted by molar-refractivity contribution is -0.130. The predicted octanol–water partition coefficient (Wildman–Crippen LogP) is 1.61. The Morgan fingerprint density at radius 2 is 2.04 bits per heavy atom. The third-order valence-corrected chi connectivity index (χ3v) is 5.53. The van der Waals surface area contributed by atoms with Crippen molar-refractivity contribution in [1.29, 1.82) is 0 Å². The standard InChI is InChI=1S/C19H26N4O2/c1-15-12-23(13-18(15)21-8-10-25-11-9-21)19(24)6-7-22-14-20-16-4-2-3-5-17(16)22/h2-5,14-15,18H,6-13H2,1H3/t15-,18+/m0/s1. The minimum Gasteiger partial charge on any atom is -0.379 e. The number of amides is 1. The van der Waals surface area contributed by atoms with Gasteiger partial charge in [0.25, 0.3) is 0 Å². The number of aryl methyl sites for hydroxylation is 1. The molecule has 0 radical (unpaired) electrons. The Bertz CT molecular complexity index is 738. The number of hydrogen-bond acceptors (Lipinski definition) is 4. The quantitative estimate of drug-likeness (QED) is 0.847. The summed E-state index contributed by atoms with van der Waals surface area (Å²) >= 11 is 0. The van der Waals surface area contributed by atoms with Crippen molar-refractivity contribution in [2.24, 2.45) is 5.92 Å². The number of likely N-dealkylation sites (tertiary alicyclic amines) is 1. The molecule has 2 atom stereocenters. The first-order chi connectivity index (χ1) is 12.2. The van der Waals surface area contributed by atoms with E-state index in [1.807, 2.05) is 29.4 Å². The van der Waals surface area contributed by atoms with Crippen molar-refractivity contribution in [3.63, 3.8) is 0 Å². The summed E-state index contributed by atoms with van der Waals surface area (Å²) in [6, 6.07) is 8.53. The first-order valence-corrected chi connectivity index (χ1v) is 9.22. The van der Waals surface area contributed by atoms with E-state index in [-0.39, 0.29) is 5.91 Å². The van der Waals surface area contributed by atoms with Crippen LogP contribution in [-0.2, 0) is 16.1 Å². The van der Waals surface area contributed by atoms with E-state index in [0.717, 1.165) is 50.4 Å². The van der Waals surface area contributed by atoms with Gasteiger partial charge in [-0.15, -0.1) is 0 Å². The molecule has 0 saturated carbocycles. The maximum absolute atomic E-state index is 12.7. The molecule has 3 heterocycles. The zero-order valence-electron chi connectivity index (χ0n) is 14.8. The molecule has 0 spiro atoms. The van der Waals surface area contributed by atoms with Crippen LogP contribution in [0.5, 0.6) is 0 Å². The first-order valence-electron chi connectivity index (χ1n) is 9.22. The molecule has 6 nitrogen and oxygen atoms in total. The van der Waals surface area contributed by atoms with Gasteiger partial charge in [0.05, 0.1) is 30.6 Å². The van der Waals surface area contributed by atoms with Gasteiger partial charge in [0.1, 0.15) is 0 Å². The Morgan fingerprint density at radius 3 is 2.88 bits per heavy atom. The van der Waals surface area contributed by atoms with E-state index in [0.29, 0.717) is 24.9 Å². The molecule has 6 heteroatoms. The summed E-state index contributed by atoms with van der Waals surface area (Å²) in [6.45, 7) is 8.26. The van der Waals surface area contributed by atoms with Crippen LogP contribution in [0.2, 0.25) is 0 Å². The number of carbonyl (C=O) groups excluding carboxylic acids is 1. The number of ether oxygens (including phenoxy) is 1. The van der Waals surface area contributed by atoms with Gasteiger partial charge in [0.15, 0.2) is 0 Å². The van der Waals surface area contributed by atoms with E-state index in [1.165, 1.54) is 0 Å². The van der Waals surface area contributed by atoms with E-state index in [1.54, 1.807) is 0 Å². The zero-order chi connectivity index (χ0) is 17.2. The third kappa shape index (κ3) is 3.41. The highest BCUT2D eigenvalue weighted by Crippen LogP contribution is 2.23. The number of aromatic nitrogens is 2. The summed E-state index contributed by atoms with van der Waals surface area (Å²) < 4.78 is 7.53. The second kappa shape index (κ2) is 7.14. The van der Waals surface area contributed by atoms with Crippen LogP contribution >= 0.6 is 0 Å². The molecule has 2 aliphatic heterocycles. The highest BCUT2D eigenvalue weighted by atomic mass is 16.5. The number of morpholine rings is 1. The van der Waals surface area contributed by atoms with Gasteiger partial charge in [-0.05, 0) is 18.1 Å². The summed E-state index contributed by atoms with van der Waals surface area (Å²) in [5, 5.41) is 0. The number of para-hydroxylation sites is 2. The molecule has 2 aliphatic rings. The predicted molar refractivity (Wildman–Crippen MR) is 96.3 cm³/mol. The number of fused-ring (bicyclic) bond motifs is 1. The van der Waals surface area contributed by atoms with Crippen LogP contribution in [0, 0.1) is 5.92 Å². The topological polar surface area (TPSA) is 50.6 Å². The maximum atomic E-state index is 12.7. The number of nitrogens with zero attached hydrogens (tertiary/aromatic N) is 4. The van der Waals surface area contributed by atoms with Gasteiger partial charge >= 0.3 is 0 Å². The fourth-order valence-electron chi connectivity index (χ4n) is 4.10. The highest BCUT2D eigenvalue weighted by Gasteiger charge is 2.36. The molecule has 134 valence electrons. The average molecular weight is 342 g/mol. The highest BCUT2D eigenvalue weighted by molar-refractivity contribution is 5.78. The van der Waals surface area contributed by atoms with Crippen LogP contribution in [0.3, 0.4) is 0 Å². The van der Waals surface area contributed by atoms with Crippen LogP contribution in [0.15, 0.2) is 30.6 Å². The van der Waals surface area contributed by atoms with Gasteiger partial charge in [0.2, 0.25) is 5.91 Å². The van der Waals surface area contributed by atoms with Crippen LogP contribution in [0.1, 0.15) is 13.3 Å². The van der Waals surface area contributed by atoms with Gasteiger partial charge < -0.3 is 14.2 Å². The lowest BCUT2D eigenvalue weighted by Crippen LogP contribution is -2.47. The van der Waals surface area contributed by atoms with Crippen molar-refractivity contribution in [3.05, 3.63) is 30.6 Å². The second-order valence-electron chi connectivity index (χ2n) is 7.17. The van der Waals surface area contributed by atoms with Gasteiger partial charge in [-0.2, -0.15) is 0 Å². The fourth-order valence-corrected chi connectivity index (χ4v) is 4.10. The number of imidazole rings is 1. The SMILES string of the molecule is C[C@H]1CN(C(=O)CCn2cnc3ccccc32)C[C@H]1N1CCOCC1. The normalized spacial score (nSPS) is 24.9. The molecule has 1 aromatic heterocycles. The molecule has 0 bridgehead atoms. The molecular formula is C19H26N4O2. The summed E-state index contributed by atoms with van der Waals surface area (Å²) in [7, 11) is 0. The maximum Gasteiger partial charge on any atom is 0.224 e. The van der Waals surface area contributed by atoms with Crippen LogP contribution in [0.25, 0.3) is 11.0 Å². The second-order valence-corrected chi connectivity index (χ2v) is 7.17. The molecule has 25 heavy (non-hydrogen) atoms. The minimum atomic E-state index is 0.250. The van der Waals surface area contributed by atoms with Crippen molar-refractivity contribution >= 4 is 16.9 Å². The first kappa shape index (κ1) is 16.5. The lowest BCUT2D eigenvalue weighted by atomic mass is 10.0. The molecule has 2 fully saturated rings. The molecule has 0 N–H and O–H groups in total. The Labute approximate surface area is 148 Å². The van der Waals surface area contributed by atoms with Gasteiger partial charge in [0, 0.05) is 45.2 Å². The third-order valence-electron chi connectivity index (χ3n) is 5.53. The Balaban J connectivity index is 1.35. The van der Waals surface area contributed by atoms with E-state index in [9.17, 15) is 4.79 Å². The Kier molecular flexibility index (Phi) is 4.72. The van der Waals surface area contributed by atoms with Crippen molar-refractivity contribution < 1.29 is 9.53 Å². The number of rotatable bonds is 4. The fraction of sp³-hybridized carbons (Fsp3) is 0.579. The summed E-state index contributed by atoms with van der Waals surface area (Å²) in [5.74, 6) is 0.775. The minimum absolute atomic E-state index is 0.250. The van der Waals surface area contributed by atoms with E-state index in [4.69, 9.17) is 4.74 Å². The lowest BCUT2D eigenvalue weighted by Gasteiger charge is -2.34. The van der Waals surface area contributed by atoms with Crippen LogP contribution < -0.4 is 0 Å². The van der Waals surface area contributed by atoms with Crippen molar-refractivity contribution in [2.45, 2.75) is 25.9 Å². The number of carbonyl (C=O) groups is 1. The van der Waals surface area contributed by atoms with Gasteiger partial charge in [-0.3, -0.25) is 9.69 Å². The zero-order valence-corrected chi connectivity index (χ0v) is 14.8. The molecular weight excluding hydrogens is 316 g/mol. The monoisotopic (exact) mass is 342 g/mol. The molecule has 1 amide bonds. The number of hydrogen-bond donors (Lipinski definition) is 0. The van der Waals surface area contributed by atoms with Crippen molar-refractivity contribution in [3.8, 4) is 0 Å². The van der Waals surface area contributed by atoms with Crippen LogP contribution in [-0.4, -0.2) is 70.7 Å².